The number of ether oxygens (including phenoxy) is 1. The average molecular weight is 349 g/mol. The fourth-order valence-electron chi connectivity index (χ4n) is 3.65. The van der Waals surface area contributed by atoms with Crippen LogP contribution in [-0.2, 0) is 4.74 Å². The Balaban J connectivity index is 1.68. The summed E-state index contributed by atoms with van der Waals surface area (Å²) < 4.78 is 4.81. The summed E-state index contributed by atoms with van der Waals surface area (Å²) in [7, 11) is 1.42. The van der Waals surface area contributed by atoms with E-state index in [1.807, 2.05) is 24.3 Å². The van der Waals surface area contributed by atoms with Crippen LogP contribution in [0.3, 0.4) is 0 Å². The molecule has 0 bridgehead atoms. The number of anilines is 2. The Morgan fingerprint density at radius 1 is 0.962 bits per heavy atom. The average Bonchev–Trinajstić information content (AvgIpc) is 3.58. The first-order valence-electron chi connectivity index (χ1n) is 9.80. The molecule has 2 aliphatic carbocycles. The minimum Gasteiger partial charge on any atom is -0.465 e. The summed E-state index contributed by atoms with van der Waals surface area (Å²) in [5.74, 6) is 1.24. The highest BCUT2D eigenvalue weighted by molar-refractivity contribution is 5.89. The van der Waals surface area contributed by atoms with Gasteiger partial charge in [0.1, 0.15) is 0 Å². The highest BCUT2D eigenvalue weighted by atomic mass is 16.5. The summed E-state index contributed by atoms with van der Waals surface area (Å²) in [6, 6.07) is 15.0. The molecule has 3 nitrogen and oxygen atoms in total. The van der Waals surface area contributed by atoms with Crippen molar-refractivity contribution in [1.29, 1.82) is 0 Å². The van der Waals surface area contributed by atoms with Crippen molar-refractivity contribution in [2.75, 3.05) is 18.6 Å². The van der Waals surface area contributed by atoms with Crippen molar-refractivity contribution in [3.8, 4) is 0 Å². The number of esters is 1. The summed E-state index contributed by atoms with van der Waals surface area (Å²) in [5.41, 5.74) is 6.05. The number of hydrogen-bond acceptors (Lipinski definition) is 3. The summed E-state index contributed by atoms with van der Waals surface area (Å²) >= 11 is 0. The van der Waals surface area contributed by atoms with Gasteiger partial charge in [-0.25, -0.2) is 4.79 Å². The lowest BCUT2D eigenvalue weighted by molar-refractivity contribution is 0.0601. The summed E-state index contributed by atoms with van der Waals surface area (Å²) in [6.07, 6.45) is 6.39. The molecule has 0 atom stereocenters. The first-order chi connectivity index (χ1) is 12.7. The Morgan fingerprint density at radius 3 is 2.00 bits per heavy atom. The Labute approximate surface area is 156 Å². The lowest BCUT2D eigenvalue weighted by Crippen LogP contribution is -2.18. The second-order valence-corrected chi connectivity index (χ2v) is 7.60. The predicted molar refractivity (Wildman–Crippen MR) is 105 cm³/mol. The predicted octanol–water partition coefficient (Wildman–Crippen LogP) is 5.78. The number of rotatable bonds is 7. The largest absolute Gasteiger partial charge is 0.465 e. The van der Waals surface area contributed by atoms with E-state index in [0.29, 0.717) is 5.56 Å². The van der Waals surface area contributed by atoms with Crippen LogP contribution in [0, 0.1) is 0 Å². The van der Waals surface area contributed by atoms with Crippen molar-refractivity contribution in [3.63, 3.8) is 0 Å². The van der Waals surface area contributed by atoms with E-state index < -0.39 is 0 Å². The fourth-order valence-corrected chi connectivity index (χ4v) is 3.65. The van der Waals surface area contributed by atoms with E-state index in [9.17, 15) is 4.79 Å². The maximum atomic E-state index is 11.7. The van der Waals surface area contributed by atoms with E-state index in [1.165, 1.54) is 49.6 Å². The molecule has 0 radical (unpaired) electrons. The molecule has 4 rings (SSSR count). The van der Waals surface area contributed by atoms with E-state index in [-0.39, 0.29) is 5.97 Å². The van der Waals surface area contributed by atoms with Gasteiger partial charge in [0.25, 0.3) is 0 Å². The van der Waals surface area contributed by atoms with Crippen LogP contribution in [-0.4, -0.2) is 19.6 Å². The molecular weight excluding hydrogens is 322 g/mol. The van der Waals surface area contributed by atoms with Crippen LogP contribution in [0.5, 0.6) is 0 Å². The minimum absolute atomic E-state index is 0.287. The molecule has 2 fully saturated rings. The van der Waals surface area contributed by atoms with Gasteiger partial charge < -0.3 is 9.64 Å². The second kappa shape index (κ2) is 7.14. The zero-order valence-electron chi connectivity index (χ0n) is 15.7. The molecule has 0 heterocycles. The molecule has 0 spiro atoms. The lowest BCUT2D eigenvalue weighted by atomic mass is 10.0. The smallest absolute Gasteiger partial charge is 0.337 e. The van der Waals surface area contributed by atoms with Crippen LogP contribution in [0.1, 0.15) is 72.3 Å². The van der Waals surface area contributed by atoms with Crippen molar-refractivity contribution >= 4 is 17.3 Å². The summed E-state index contributed by atoms with van der Waals surface area (Å²) in [5, 5.41) is 0. The Hall–Kier alpha value is -2.29. The van der Waals surface area contributed by atoms with Gasteiger partial charge in [-0.2, -0.15) is 0 Å². The molecule has 2 aromatic rings. The third-order valence-electron chi connectivity index (χ3n) is 5.42. The number of methoxy groups -OCH3 is 1. The zero-order chi connectivity index (χ0) is 18.1. The standard InChI is InChI=1S/C23H27NO2/c1-3-12-24(21-10-8-18(9-11-21)23(25)26-2)22-14-19(16-4-5-16)13-20(15-22)17-6-7-17/h8-11,13-17H,3-7,12H2,1-2H3. The van der Waals surface area contributed by atoms with Gasteiger partial charge >= 0.3 is 5.97 Å². The maximum absolute atomic E-state index is 11.7. The van der Waals surface area contributed by atoms with Gasteiger partial charge in [0, 0.05) is 17.9 Å². The normalized spacial score (nSPS) is 16.4. The third-order valence-corrected chi connectivity index (χ3v) is 5.42. The van der Waals surface area contributed by atoms with Gasteiger partial charge in [0.05, 0.1) is 12.7 Å². The quantitative estimate of drug-likeness (QED) is 0.594. The fraction of sp³-hybridized carbons (Fsp3) is 0.435. The van der Waals surface area contributed by atoms with Gasteiger partial charge in [0.15, 0.2) is 0 Å². The highest BCUT2D eigenvalue weighted by Gasteiger charge is 2.29. The number of hydrogen-bond donors (Lipinski definition) is 0. The van der Waals surface area contributed by atoms with Gasteiger partial charge in [-0.1, -0.05) is 13.0 Å². The molecule has 0 N–H and O–H groups in total. The van der Waals surface area contributed by atoms with E-state index in [0.717, 1.165) is 30.5 Å². The molecule has 136 valence electrons. The SMILES string of the molecule is CCCN(c1ccc(C(=O)OC)cc1)c1cc(C2CC2)cc(C2CC2)c1. The van der Waals surface area contributed by atoms with Gasteiger partial charge in [0.2, 0.25) is 0 Å². The van der Waals surface area contributed by atoms with Crippen LogP contribution in [0.2, 0.25) is 0 Å². The minimum atomic E-state index is -0.287. The van der Waals surface area contributed by atoms with Gasteiger partial charge in [-0.05, 0) is 91.5 Å². The molecular formula is C23H27NO2. The first kappa shape index (κ1) is 17.1. The zero-order valence-corrected chi connectivity index (χ0v) is 15.7. The van der Waals surface area contributed by atoms with E-state index in [2.05, 4.69) is 30.0 Å². The number of carbonyl (C=O) groups excluding carboxylic acids is 1. The third kappa shape index (κ3) is 3.62. The molecule has 2 aliphatic rings. The topological polar surface area (TPSA) is 29.5 Å². The lowest BCUT2D eigenvalue weighted by Gasteiger charge is -2.26. The monoisotopic (exact) mass is 349 g/mol. The molecule has 0 aromatic heterocycles. The van der Waals surface area contributed by atoms with Crippen LogP contribution in [0.25, 0.3) is 0 Å². The summed E-state index contributed by atoms with van der Waals surface area (Å²) in [6.45, 7) is 3.18. The molecule has 0 amide bonds. The van der Waals surface area contributed by atoms with Crippen molar-refractivity contribution in [2.45, 2.75) is 50.9 Å². The van der Waals surface area contributed by atoms with E-state index >= 15 is 0 Å². The Bertz CT molecular complexity index is 758. The summed E-state index contributed by atoms with van der Waals surface area (Å²) in [4.78, 5) is 14.1. The number of nitrogens with zero attached hydrogens (tertiary/aromatic N) is 1. The van der Waals surface area contributed by atoms with Gasteiger partial charge in [-0.15, -0.1) is 0 Å². The van der Waals surface area contributed by atoms with Crippen LogP contribution in [0.4, 0.5) is 11.4 Å². The van der Waals surface area contributed by atoms with Crippen LogP contribution in [0.15, 0.2) is 42.5 Å². The Morgan fingerprint density at radius 2 is 1.54 bits per heavy atom. The molecule has 0 saturated heterocycles. The Kier molecular flexibility index (Phi) is 4.71. The molecule has 0 aliphatic heterocycles. The second-order valence-electron chi connectivity index (χ2n) is 7.60. The molecule has 0 unspecified atom stereocenters. The van der Waals surface area contributed by atoms with E-state index in [4.69, 9.17) is 4.74 Å². The van der Waals surface area contributed by atoms with Crippen molar-refractivity contribution < 1.29 is 9.53 Å². The van der Waals surface area contributed by atoms with Crippen molar-refractivity contribution in [2.24, 2.45) is 0 Å². The van der Waals surface area contributed by atoms with Crippen LogP contribution >= 0.6 is 0 Å². The van der Waals surface area contributed by atoms with E-state index in [1.54, 1.807) is 0 Å². The maximum Gasteiger partial charge on any atom is 0.337 e. The van der Waals surface area contributed by atoms with Gasteiger partial charge in [-0.3, -0.25) is 0 Å². The molecule has 2 aromatic carbocycles. The molecule has 2 saturated carbocycles. The van der Waals surface area contributed by atoms with Crippen LogP contribution < -0.4 is 4.90 Å². The molecule has 3 heteroatoms. The number of benzene rings is 2. The van der Waals surface area contributed by atoms with Crippen molar-refractivity contribution in [3.05, 3.63) is 59.2 Å². The molecule has 26 heavy (non-hydrogen) atoms. The number of carbonyl (C=O) groups is 1. The van der Waals surface area contributed by atoms with Crippen molar-refractivity contribution in [1.82, 2.24) is 0 Å². The highest BCUT2D eigenvalue weighted by Crippen LogP contribution is 2.47. The first-order valence-corrected chi connectivity index (χ1v) is 9.80.